The zero-order valence-electron chi connectivity index (χ0n) is 12.3. The number of rotatable bonds is 2. The monoisotopic (exact) mass is 283 g/mol. The summed E-state index contributed by atoms with van der Waals surface area (Å²) in [5.74, 6) is -0.0929. The first-order valence-corrected chi connectivity index (χ1v) is 7.72. The number of hydrogen-bond donors (Lipinski definition) is 1. The fourth-order valence-electron chi connectivity index (χ4n) is 3.34. The second kappa shape index (κ2) is 5.97. The van der Waals surface area contributed by atoms with Gasteiger partial charge in [-0.25, -0.2) is 0 Å². The van der Waals surface area contributed by atoms with Crippen LogP contribution in [0.2, 0.25) is 0 Å². The van der Waals surface area contributed by atoms with E-state index in [0.717, 1.165) is 52.1 Å². The molecule has 0 aromatic heterocycles. The third-order valence-corrected chi connectivity index (χ3v) is 4.71. The number of carbonyl (C=O) groups is 1. The second-order valence-corrected chi connectivity index (χ2v) is 5.89. The van der Waals surface area contributed by atoms with E-state index in [0.29, 0.717) is 13.2 Å². The van der Waals surface area contributed by atoms with Crippen LogP contribution in [0.1, 0.15) is 19.8 Å². The Morgan fingerprint density at radius 2 is 1.70 bits per heavy atom. The lowest BCUT2D eigenvalue weighted by Crippen LogP contribution is -2.56. The van der Waals surface area contributed by atoms with Crippen LogP contribution in [0.5, 0.6) is 0 Å². The summed E-state index contributed by atoms with van der Waals surface area (Å²) in [4.78, 5) is 16.7. The summed E-state index contributed by atoms with van der Waals surface area (Å²) in [6.07, 6.45) is 1.73. The molecule has 1 spiro atoms. The summed E-state index contributed by atoms with van der Waals surface area (Å²) in [5, 5.41) is 3.28. The topological polar surface area (TPSA) is 54.0 Å². The first kappa shape index (κ1) is 14.3. The van der Waals surface area contributed by atoms with Crippen LogP contribution in [0.3, 0.4) is 0 Å². The minimum atomic E-state index is -0.353. The number of piperazine rings is 1. The SMILES string of the molecule is CC(C(=O)N1CCNCC1)N1CCC2(CC1)OCCO2. The van der Waals surface area contributed by atoms with Crippen molar-refractivity contribution >= 4 is 5.91 Å². The highest BCUT2D eigenvalue weighted by atomic mass is 16.7. The van der Waals surface area contributed by atoms with Gasteiger partial charge in [-0.2, -0.15) is 0 Å². The highest BCUT2D eigenvalue weighted by molar-refractivity contribution is 5.81. The van der Waals surface area contributed by atoms with Gasteiger partial charge in [0.2, 0.25) is 5.91 Å². The van der Waals surface area contributed by atoms with E-state index in [9.17, 15) is 4.79 Å². The van der Waals surface area contributed by atoms with Crippen molar-refractivity contribution in [2.75, 3.05) is 52.5 Å². The quantitative estimate of drug-likeness (QED) is 0.750. The molecule has 3 heterocycles. The highest BCUT2D eigenvalue weighted by Crippen LogP contribution is 2.32. The van der Waals surface area contributed by atoms with E-state index in [1.807, 2.05) is 11.8 Å². The number of piperidine rings is 1. The molecule has 0 aliphatic carbocycles. The summed E-state index contributed by atoms with van der Waals surface area (Å²) in [7, 11) is 0. The van der Waals surface area contributed by atoms with Crippen LogP contribution in [-0.2, 0) is 14.3 Å². The Bertz CT molecular complexity index is 342. The van der Waals surface area contributed by atoms with E-state index in [1.54, 1.807) is 0 Å². The Hall–Kier alpha value is -0.690. The molecule has 0 bridgehead atoms. The van der Waals surface area contributed by atoms with Crippen LogP contribution in [0.15, 0.2) is 0 Å². The van der Waals surface area contributed by atoms with Gasteiger partial charge in [-0.1, -0.05) is 0 Å². The smallest absolute Gasteiger partial charge is 0.239 e. The molecule has 3 fully saturated rings. The van der Waals surface area contributed by atoms with Gasteiger partial charge < -0.3 is 19.7 Å². The zero-order valence-corrected chi connectivity index (χ0v) is 12.3. The minimum absolute atomic E-state index is 0.0353. The Kier molecular flexibility index (Phi) is 4.26. The van der Waals surface area contributed by atoms with Gasteiger partial charge in [0.05, 0.1) is 19.3 Å². The van der Waals surface area contributed by atoms with Crippen LogP contribution in [-0.4, -0.2) is 80.0 Å². The molecule has 1 unspecified atom stereocenters. The van der Waals surface area contributed by atoms with Crippen LogP contribution < -0.4 is 5.32 Å². The van der Waals surface area contributed by atoms with Crippen molar-refractivity contribution in [3.63, 3.8) is 0 Å². The Balaban J connectivity index is 1.52. The van der Waals surface area contributed by atoms with Crippen molar-refractivity contribution in [3.8, 4) is 0 Å². The maximum absolute atomic E-state index is 12.5. The fourth-order valence-corrected chi connectivity index (χ4v) is 3.34. The molecule has 3 rings (SSSR count). The van der Waals surface area contributed by atoms with E-state index in [4.69, 9.17) is 9.47 Å². The maximum atomic E-state index is 12.5. The Labute approximate surface area is 120 Å². The summed E-state index contributed by atoms with van der Waals surface area (Å²) in [5.41, 5.74) is 0. The first-order chi connectivity index (χ1) is 9.70. The van der Waals surface area contributed by atoms with Gasteiger partial charge in [0.1, 0.15) is 0 Å². The molecule has 6 nitrogen and oxygen atoms in total. The molecule has 3 saturated heterocycles. The van der Waals surface area contributed by atoms with Crippen molar-refractivity contribution in [2.24, 2.45) is 0 Å². The molecule has 114 valence electrons. The standard InChI is InChI=1S/C14H25N3O3/c1-12(13(18)17-8-4-15-5-9-17)16-6-2-14(3-7-16)19-10-11-20-14/h12,15H,2-11H2,1H3. The van der Waals surface area contributed by atoms with Crippen molar-refractivity contribution < 1.29 is 14.3 Å². The average Bonchev–Trinajstić information content (AvgIpc) is 2.96. The predicted octanol–water partition coefficient (Wildman–Crippen LogP) is -0.354. The lowest BCUT2D eigenvalue weighted by atomic mass is 10.0. The number of nitrogens with one attached hydrogen (secondary N) is 1. The summed E-state index contributed by atoms with van der Waals surface area (Å²) < 4.78 is 11.5. The van der Waals surface area contributed by atoms with Crippen molar-refractivity contribution in [1.82, 2.24) is 15.1 Å². The number of ether oxygens (including phenoxy) is 2. The molecule has 3 aliphatic rings. The van der Waals surface area contributed by atoms with Gasteiger partial charge in [-0.15, -0.1) is 0 Å². The molecule has 0 aromatic carbocycles. The average molecular weight is 283 g/mol. The second-order valence-electron chi connectivity index (χ2n) is 5.89. The van der Waals surface area contributed by atoms with Crippen LogP contribution in [0.25, 0.3) is 0 Å². The molecule has 1 atom stereocenters. The number of carbonyl (C=O) groups excluding carboxylic acids is 1. The third kappa shape index (κ3) is 2.83. The van der Waals surface area contributed by atoms with Crippen molar-refractivity contribution in [1.29, 1.82) is 0 Å². The molecule has 0 aromatic rings. The molecule has 0 radical (unpaired) electrons. The number of amides is 1. The minimum Gasteiger partial charge on any atom is -0.347 e. The summed E-state index contributed by atoms with van der Waals surface area (Å²) in [6.45, 7) is 8.65. The molecular formula is C14H25N3O3. The van der Waals surface area contributed by atoms with E-state index in [-0.39, 0.29) is 17.7 Å². The largest absolute Gasteiger partial charge is 0.347 e. The van der Waals surface area contributed by atoms with Crippen molar-refractivity contribution in [3.05, 3.63) is 0 Å². The normalized spacial score (nSPS) is 28.8. The number of nitrogens with zero attached hydrogens (tertiary/aromatic N) is 2. The van der Waals surface area contributed by atoms with Gasteiger partial charge in [0.15, 0.2) is 5.79 Å². The predicted molar refractivity (Wildman–Crippen MR) is 74.4 cm³/mol. The van der Waals surface area contributed by atoms with Gasteiger partial charge in [-0.05, 0) is 6.92 Å². The van der Waals surface area contributed by atoms with Crippen LogP contribution >= 0.6 is 0 Å². The van der Waals surface area contributed by atoms with Crippen molar-refractivity contribution in [2.45, 2.75) is 31.6 Å². The van der Waals surface area contributed by atoms with E-state index in [1.165, 1.54) is 0 Å². The highest BCUT2D eigenvalue weighted by Gasteiger charge is 2.41. The van der Waals surface area contributed by atoms with Crippen LogP contribution in [0, 0.1) is 0 Å². The molecular weight excluding hydrogens is 258 g/mol. The zero-order chi connectivity index (χ0) is 14.0. The molecule has 0 saturated carbocycles. The van der Waals surface area contributed by atoms with Gasteiger partial charge in [0.25, 0.3) is 0 Å². The van der Waals surface area contributed by atoms with Gasteiger partial charge >= 0.3 is 0 Å². The summed E-state index contributed by atoms with van der Waals surface area (Å²) in [6, 6.07) is -0.0353. The Morgan fingerprint density at radius 3 is 2.30 bits per heavy atom. The lowest BCUT2D eigenvalue weighted by molar-refractivity contribution is -0.189. The van der Waals surface area contributed by atoms with Gasteiger partial charge in [-0.3, -0.25) is 9.69 Å². The third-order valence-electron chi connectivity index (χ3n) is 4.71. The molecule has 1 N–H and O–H groups in total. The Morgan fingerprint density at radius 1 is 1.10 bits per heavy atom. The van der Waals surface area contributed by atoms with E-state index >= 15 is 0 Å². The number of likely N-dealkylation sites (tertiary alicyclic amines) is 1. The van der Waals surface area contributed by atoms with E-state index < -0.39 is 0 Å². The molecule has 20 heavy (non-hydrogen) atoms. The molecule has 6 heteroatoms. The maximum Gasteiger partial charge on any atom is 0.239 e. The molecule has 1 amide bonds. The fraction of sp³-hybridized carbons (Fsp3) is 0.929. The lowest BCUT2D eigenvalue weighted by Gasteiger charge is -2.41. The first-order valence-electron chi connectivity index (χ1n) is 7.72. The molecule has 3 aliphatic heterocycles. The van der Waals surface area contributed by atoms with Gasteiger partial charge in [0, 0.05) is 52.1 Å². The van der Waals surface area contributed by atoms with E-state index in [2.05, 4.69) is 10.2 Å². The summed E-state index contributed by atoms with van der Waals surface area (Å²) >= 11 is 0. The van der Waals surface area contributed by atoms with Crippen LogP contribution in [0.4, 0.5) is 0 Å². The number of hydrogen-bond acceptors (Lipinski definition) is 5.